The van der Waals surface area contributed by atoms with Gasteiger partial charge in [0.25, 0.3) is 10.0 Å². The lowest BCUT2D eigenvalue weighted by atomic mass is 10.0. The number of fused-ring (bicyclic) bond motifs is 1. The third kappa shape index (κ3) is 4.88. The lowest BCUT2D eigenvalue weighted by molar-refractivity contribution is 0.414. The van der Waals surface area contributed by atoms with Crippen LogP contribution in [0.5, 0.6) is 5.75 Å². The summed E-state index contributed by atoms with van der Waals surface area (Å²) in [6, 6.07) is 25.3. The molecular formula is C29H25FN4O3S. The first-order valence-electron chi connectivity index (χ1n) is 11.8. The molecule has 192 valence electrons. The van der Waals surface area contributed by atoms with Crippen LogP contribution < -0.4 is 14.4 Å². The van der Waals surface area contributed by atoms with E-state index >= 15 is 0 Å². The Morgan fingerprint density at radius 2 is 1.66 bits per heavy atom. The van der Waals surface area contributed by atoms with Gasteiger partial charge in [-0.15, -0.1) is 0 Å². The number of aromatic nitrogens is 2. The van der Waals surface area contributed by atoms with Crippen LogP contribution in [0.3, 0.4) is 0 Å². The fourth-order valence-corrected chi connectivity index (χ4v) is 5.74. The molecule has 1 aromatic heterocycles. The van der Waals surface area contributed by atoms with E-state index in [0.29, 0.717) is 17.1 Å². The molecule has 0 saturated heterocycles. The Hall–Kier alpha value is -4.50. The lowest BCUT2D eigenvalue weighted by Crippen LogP contribution is -2.31. The number of benzene rings is 4. The predicted molar refractivity (Wildman–Crippen MR) is 147 cm³/mol. The van der Waals surface area contributed by atoms with Gasteiger partial charge in [-0.25, -0.2) is 22.8 Å². The molecule has 7 nitrogen and oxygen atoms in total. The van der Waals surface area contributed by atoms with Gasteiger partial charge >= 0.3 is 0 Å². The number of hydrogen-bond donors (Lipinski definition) is 1. The monoisotopic (exact) mass is 528 g/mol. The van der Waals surface area contributed by atoms with E-state index in [1.165, 1.54) is 43.8 Å². The molecule has 1 N–H and O–H groups in total. The molecule has 0 radical (unpaired) electrons. The molecule has 38 heavy (non-hydrogen) atoms. The normalized spacial score (nSPS) is 11.3. The highest BCUT2D eigenvalue weighted by Crippen LogP contribution is 2.31. The van der Waals surface area contributed by atoms with Gasteiger partial charge in [0.15, 0.2) is 0 Å². The van der Waals surface area contributed by atoms with Gasteiger partial charge in [0.1, 0.15) is 23.7 Å². The molecule has 0 bridgehead atoms. The van der Waals surface area contributed by atoms with Crippen molar-refractivity contribution in [1.82, 2.24) is 9.97 Å². The van der Waals surface area contributed by atoms with Crippen molar-refractivity contribution >= 4 is 32.4 Å². The lowest BCUT2D eigenvalue weighted by Gasteiger charge is -2.25. The SMILES string of the molecule is CNc1ncnc2ccc(-c3cccc(CN(c4ccccc4F)S(=O)(=O)c4ccc(OC)cc4)c3)cc12. The first-order chi connectivity index (χ1) is 18.4. The third-order valence-corrected chi connectivity index (χ3v) is 8.00. The summed E-state index contributed by atoms with van der Waals surface area (Å²) < 4.78 is 48.7. The largest absolute Gasteiger partial charge is 0.497 e. The van der Waals surface area contributed by atoms with Gasteiger partial charge in [-0.1, -0.05) is 36.4 Å². The summed E-state index contributed by atoms with van der Waals surface area (Å²) in [5, 5.41) is 3.95. The number of halogens is 1. The zero-order valence-electron chi connectivity index (χ0n) is 20.8. The summed E-state index contributed by atoms with van der Waals surface area (Å²) in [6.45, 7) is -0.0679. The van der Waals surface area contributed by atoms with Crippen molar-refractivity contribution in [3.63, 3.8) is 0 Å². The molecule has 0 aliphatic carbocycles. The van der Waals surface area contributed by atoms with Crippen molar-refractivity contribution in [2.24, 2.45) is 0 Å². The van der Waals surface area contributed by atoms with Gasteiger partial charge in [0.05, 0.1) is 29.8 Å². The summed E-state index contributed by atoms with van der Waals surface area (Å²) in [5.74, 6) is 0.607. The molecule has 0 atom stereocenters. The maximum Gasteiger partial charge on any atom is 0.264 e. The van der Waals surface area contributed by atoms with Crippen molar-refractivity contribution in [1.29, 1.82) is 0 Å². The second-order valence-corrected chi connectivity index (χ2v) is 10.4. The summed E-state index contributed by atoms with van der Waals surface area (Å²) in [6.07, 6.45) is 1.51. The Balaban J connectivity index is 1.56. The van der Waals surface area contributed by atoms with Gasteiger partial charge in [-0.2, -0.15) is 0 Å². The standard InChI is InChI=1S/C29H25FN4O3S/c1-31-29-25-17-22(10-15-27(25)32-19-33-29)21-7-5-6-20(16-21)18-34(28-9-4-3-8-26(28)30)38(35,36)24-13-11-23(37-2)12-14-24/h3-17,19H,18H2,1-2H3,(H,31,32,33). The molecule has 9 heteroatoms. The molecule has 0 spiro atoms. The number of nitrogens with one attached hydrogen (secondary N) is 1. The van der Waals surface area contributed by atoms with E-state index in [1.807, 2.05) is 42.5 Å². The summed E-state index contributed by atoms with van der Waals surface area (Å²) in [5.41, 5.74) is 3.27. The minimum Gasteiger partial charge on any atom is -0.497 e. The minimum absolute atomic E-state index is 0.0322. The van der Waals surface area contributed by atoms with Crippen LogP contribution in [0, 0.1) is 5.82 Å². The topological polar surface area (TPSA) is 84.4 Å². The predicted octanol–water partition coefficient (Wildman–Crippen LogP) is 5.88. The highest BCUT2D eigenvalue weighted by Gasteiger charge is 2.27. The number of nitrogens with zero attached hydrogens (tertiary/aromatic N) is 3. The van der Waals surface area contributed by atoms with E-state index in [1.54, 1.807) is 25.2 Å². The minimum atomic E-state index is -4.10. The molecule has 4 aromatic carbocycles. The number of ether oxygens (including phenoxy) is 1. The van der Waals surface area contributed by atoms with Crippen LogP contribution in [-0.2, 0) is 16.6 Å². The van der Waals surface area contributed by atoms with E-state index in [4.69, 9.17) is 4.74 Å². The van der Waals surface area contributed by atoms with Crippen LogP contribution in [0.2, 0.25) is 0 Å². The van der Waals surface area contributed by atoms with Crippen LogP contribution in [0.15, 0.2) is 102 Å². The second-order valence-electron chi connectivity index (χ2n) is 8.54. The van der Waals surface area contributed by atoms with Crippen LogP contribution >= 0.6 is 0 Å². The number of sulfonamides is 1. The highest BCUT2D eigenvalue weighted by molar-refractivity contribution is 7.92. The van der Waals surface area contributed by atoms with E-state index in [-0.39, 0.29) is 17.1 Å². The fraction of sp³-hybridized carbons (Fsp3) is 0.103. The van der Waals surface area contributed by atoms with Crippen LogP contribution in [-0.4, -0.2) is 32.5 Å². The van der Waals surface area contributed by atoms with Crippen molar-refractivity contribution in [2.45, 2.75) is 11.4 Å². The second kappa shape index (κ2) is 10.5. The maximum absolute atomic E-state index is 14.9. The molecule has 0 fully saturated rings. The van der Waals surface area contributed by atoms with Crippen molar-refractivity contribution in [2.75, 3.05) is 23.8 Å². The Morgan fingerprint density at radius 1 is 0.895 bits per heavy atom. The Kier molecular flexibility index (Phi) is 6.93. The molecular weight excluding hydrogens is 503 g/mol. The van der Waals surface area contributed by atoms with E-state index in [2.05, 4.69) is 15.3 Å². The van der Waals surface area contributed by atoms with Gasteiger partial charge in [0.2, 0.25) is 0 Å². The zero-order valence-corrected chi connectivity index (χ0v) is 21.6. The first-order valence-corrected chi connectivity index (χ1v) is 13.3. The van der Waals surface area contributed by atoms with Crippen LogP contribution in [0.1, 0.15) is 5.56 Å². The smallest absolute Gasteiger partial charge is 0.264 e. The van der Waals surface area contributed by atoms with Crippen molar-refractivity contribution < 1.29 is 17.5 Å². The van der Waals surface area contributed by atoms with Gasteiger partial charge < -0.3 is 10.1 Å². The number of para-hydroxylation sites is 1. The number of hydrogen-bond acceptors (Lipinski definition) is 6. The molecule has 0 unspecified atom stereocenters. The molecule has 0 aliphatic heterocycles. The Morgan fingerprint density at radius 3 is 2.39 bits per heavy atom. The Bertz CT molecular complexity index is 1710. The van der Waals surface area contributed by atoms with Crippen molar-refractivity contribution in [3.8, 4) is 16.9 Å². The summed E-state index contributed by atoms with van der Waals surface area (Å²) >= 11 is 0. The number of anilines is 2. The van der Waals surface area contributed by atoms with Gasteiger partial charge in [0, 0.05) is 12.4 Å². The highest BCUT2D eigenvalue weighted by atomic mass is 32.2. The van der Waals surface area contributed by atoms with E-state index < -0.39 is 15.8 Å². The molecule has 0 amide bonds. The van der Waals surface area contributed by atoms with E-state index in [9.17, 15) is 12.8 Å². The average molecular weight is 529 g/mol. The number of rotatable bonds is 8. The van der Waals surface area contributed by atoms with Crippen molar-refractivity contribution in [3.05, 3.63) is 109 Å². The fourth-order valence-electron chi connectivity index (χ4n) is 4.28. The average Bonchev–Trinajstić information content (AvgIpc) is 2.96. The number of methoxy groups -OCH3 is 1. The summed E-state index contributed by atoms with van der Waals surface area (Å²) in [4.78, 5) is 8.64. The maximum atomic E-state index is 14.9. The molecule has 0 aliphatic rings. The molecule has 1 heterocycles. The quantitative estimate of drug-likeness (QED) is 0.271. The zero-order chi connectivity index (χ0) is 26.7. The first kappa shape index (κ1) is 25.2. The van der Waals surface area contributed by atoms with Crippen LogP contribution in [0.4, 0.5) is 15.9 Å². The molecule has 5 rings (SSSR count). The van der Waals surface area contributed by atoms with Gasteiger partial charge in [-0.05, 0) is 71.3 Å². The summed E-state index contributed by atoms with van der Waals surface area (Å²) in [7, 11) is -0.797. The molecule has 5 aromatic rings. The molecule has 0 saturated carbocycles. The Labute approximate surface area is 220 Å². The van der Waals surface area contributed by atoms with Gasteiger partial charge in [-0.3, -0.25) is 4.31 Å². The third-order valence-electron chi connectivity index (χ3n) is 6.23. The van der Waals surface area contributed by atoms with E-state index in [0.717, 1.165) is 26.3 Å². The van der Waals surface area contributed by atoms with Crippen LogP contribution in [0.25, 0.3) is 22.0 Å².